The van der Waals surface area contributed by atoms with Crippen molar-refractivity contribution in [1.82, 2.24) is 0 Å². The SMILES string of the molecule is O=C(/C=C/c1ccc(O)c(O)c1)OC1C[C@@](O)(C(=O)O)C[C@H](O)[C@@H]1O. The average molecular weight is 354 g/mol. The van der Waals surface area contributed by atoms with Crippen molar-refractivity contribution >= 4 is 18.0 Å². The van der Waals surface area contributed by atoms with E-state index in [0.717, 1.165) is 6.08 Å². The third kappa shape index (κ3) is 4.27. The number of phenols is 2. The van der Waals surface area contributed by atoms with Crippen molar-refractivity contribution in [2.75, 3.05) is 0 Å². The zero-order chi connectivity index (χ0) is 18.8. The van der Waals surface area contributed by atoms with Crippen molar-refractivity contribution in [2.45, 2.75) is 36.8 Å². The molecular formula is C16H18O9. The normalized spacial score (nSPS) is 29.5. The largest absolute Gasteiger partial charge is 0.504 e. The van der Waals surface area contributed by atoms with Crippen LogP contribution in [0, 0.1) is 0 Å². The number of carboxylic acid groups (broad SMARTS) is 1. The maximum atomic E-state index is 11.8. The van der Waals surface area contributed by atoms with Crippen LogP contribution in [0.5, 0.6) is 11.5 Å². The Kier molecular flexibility index (Phi) is 5.31. The molecule has 0 aromatic heterocycles. The summed E-state index contributed by atoms with van der Waals surface area (Å²) in [6.07, 6.45) is -3.44. The van der Waals surface area contributed by atoms with Gasteiger partial charge in [-0.25, -0.2) is 9.59 Å². The summed E-state index contributed by atoms with van der Waals surface area (Å²) < 4.78 is 4.92. The minimum atomic E-state index is -2.31. The van der Waals surface area contributed by atoms with Crippen molar-refractivity contribution in [3.63, 3.8) is 0 Å². The van der Waals surface area contributed by atoms with Crippen LogP contribution < -0.4 is 0 Å². The summed E-state index contributed by atoms with van der Waals surface area (Å²) in [6, 6.07) is 3.83. The Balaban J connectivity index is 2.06. The summed E-state index contributed by atoms with van der Waals surface area (Å²) in [4.78, 5) is 22.9. The lowest BCUT2D eigenvalue weighted by molar-refractivity contribution is -0.196. The van der Waals surface area contributed by atoms with Gasteiger partial charge in [0, 0.05) is 18.9 Å². The highest BCUT2D eigenvalue weighted by Crippen LogP contribution is 2.31. The van der Waals surface area contributed by atoms with Crippen LogP contribution in [0.3, 0.4) is 0 Å². The molecule has 136 valence electrons. The number of ether oxygens (including phenoxy) is 1. The summed E-state index contributed by atoms with van der Waals surface area (Å²) in [5, 5.41) is 57.0. The first-order valence-corrected chi connectivity index (χ1v) is 7.35. The van der Waals surface area contributed by atoms with Crippen LogP contribution in [0.4, 0.5) is 0 Å². The van der Waals surface area contributed by atoms with Crippen LogP contribution in [0.1, 0.15) is 18.4 Å². The number of esters is 1. The molecule has 1 saturated carbocycles. The zero-order valence-electron chi connectivity index (χ0n) is 12.9. The van der Waals surface area contributed by atoms with E-state index in [2.05, 4.69) is 0 Å². The van der Waals surface area contributed by atoms with Crippen molar-refractivity contribution < 1.29 is 45.0 Å². The molecule has 0 heterocycles. The monoisotopic (exact) mass is 354 g/mol. The smallest absolute Gasteiger partial charge is 0.335 e. The highest BCUT2D eigenvalue weighted by Gasteiger charge is 2.50. The Hall–Kier alpha value is -2.62. The molecule has 1 fully saturated rings. The number of aliphatic hydroxyl groups is 3. The number of carbonyl (C=O) groups is 2. The number of carbonyl (C=O) groups excluding carboxylic acids is 1. The molecule has 0 amide bonds. The fourth-order valence-corrected chi connectivity index (χ4v) is 2.53. The molecule has 9 nitrogen and oxygen atoms in total. The quantitative estimate of drug-likeness (QED) is 0.234. The topological polar surface area (TPSA) is 165 Å². The minimum Gasteiger partial charge on any atom is -0.504 e. The van der Waals surface area contributed by atoms with Crippen LogP contribution in [-0.4, -0.2) is 66.5 Å². The van der Waals surface area contributed by atoms with E-state index in [1.54, 1.807) is 0 Å². The first-order chi connectivity index (χ1) is 11.6. The molecule has 0 radical (unpaired) electrons. The predicted octanol–water partition coefficient (Wildman–Crippen LogP) is -0.646. The second kappa shape index (κ2) is 7.09. The van der Waals surface area contributed by atoms with Crippen LogP contribution in [0.2, 0.25) is 0 Å². The highest BCUT2D eigenvalue weighted by molar-refractivity contribution is 5.87. The number of benzene rings is 1. The van der Waals surface area contributed by atoms with E-state index < -0.39 is 48.7 Å². The van der Waals surface area contributed by atoms with Gasteiger partial charge in [0.15, 0.2) is 17.1 Å². The number of hydrogen-bond donors (Lipinski definition) is 6. The van der Waals surface area contributed by atoms with E-state index in [1.165, 1.54) is 24.3 Å². The van der Waals surface area contributed by atoms with Gasteiger partial charge in [-0.05, 0) is 23.8 Å². The number of rotatable bonds is 4. The molecule has 0 spiro atoms. The van der Waals surface area contributed by atoms with Crippen molar-refractivity contribution in [1.29, 1.82) is 0 Å². The van der Waals surface area contributed by atoms with Gasteiger partial charge in [0.1, 0.15) is 12.2 Å². The fourth-order valence-electron chi connectivity index (χ4n) is 2.53. The molecule has 1 aromatic carbocycles. The van der Waals surface area contributed by atoms with E-state index in [4.69, 9.17) is 9.84 Å². The van der Waals surface area contributed by atoms with E-state index in [1.807, 2.05) is 0 Å². The first-order valence-electron chi connectivity index (χ1n) is 7.35. The number of phenolic OH excluding ortho intramolecular Hbond substituents is 2. The van der Waals surface area contributed by atoms with Gasteiger partial charge in [-0.1, -0.05) is 6.07 Å². The number of aliphatic hydroxyl groups excluding tert-OH is 2. The minimum absolute atomic E-state index is 0.327. The Labute approximate surface area is 142 Å². The number of carboxylic acids is 1. The first kappa shape index (κ1) is 18.7. The summed E-state index contributed by atoms with van der Waals surface area (Å²) in [6.45, 7) is 0. The maximum absolute atomic E-state index is 11.8. The number of aliphatic carboxylic acids is 1. The lowest BCUT2D eigenvalue weighted by atomic mass is 9.79. The maximum Gasteiger partial charge on any atom is 0.335 e. The molecule has 6 N–H and O–H groups in total. The molecular weight excluding hydrogens is 336 g/mol. The highest BCUT2D eigenvalue weighted by atomic mass is 16.6. The predicted molar refractivity (Wildman–Crippen MR) is 82.5 cm³/mol. The zero-order valence-corrected chi connectivity index (χ0v) is 12.9. The summed E-state index contributed by atoms with van der Waals surface area (Å²) in [7, 11) is 0. The summed E-state index contributed by atoms with van der Waals surface area (Å²) >= 11 is 0. The van der Waals surface area contributed by atoms with Gasteiger partial charge >= 0.3 is 11.9 Å². The van der Waals surface area contributed by atoms with E-state index in [-0.39, 0.29) is 11.5 Å². The molecule has 1 aromatic rings. The third-order valence-electron chi connectivity index (χ3n) is 3.94. The van der Waals surface area contributed by atoms with Gasteiger partial charge < -0.3 is 35.4 Å². The van der Waals surface area contributed by atoms with Gasteiger partial charge in [0.25, 0.3) is 0 Å². The molecule has 0 saturated heterocycles. The second-order valence-corrected chi connectivity index (χ2v) is 5.86. The van der Waals surface area contributed by atoms with Crippen LogP contribution in [0.25, 0.3) is 6.08 Å². The molecule has 0 bridgehead atoms. The Morgan fingerprint density at radius 2 is 1.84 bits per heavy atom. The van der Waals surface area contributed by atoms with Crippen molar-refractivity contribution in [2.24, 2.45) is 0 Å². The number of hydrogen-bond acceptors (Lipinski definition) is 8. The van der Waals surface area contributed by atoms with E-state index in [9.17, 15) is 35.1 Å². The molecule has 9 heteroatoms. The van der Waals surface area contributed by atoms with E-state index in [0.29, 0.717) is 5.56 Å². The summed E-state index contributed by atoms with van der Waals surface area (Å²) in [5.74, 6) is -3.24. The second-order valence-electron chi connectivity index (χ2n) is 5.86. The van der Waals surface area contributed by atoms with Crippen molar-refractivity contribution in [3.8, 4) is 11.5 Å². The lowest BCUT2D eigenvalue weighted by Crippen LogP contribution is -2.57. The molecule has 25 heavy (non-hydrogen) atoms. The van der Waals surface area contributed by atoms with E-state index >= 15 is 0 Å². The molecule has 4 atom stereocenters. The van der Waals surface area contributed by atoms with Crippen LogP contribution in [-0.2, 0) is 14.3 Å². The molecule has 1 unspecified atom stereocenters. The molecule has 1 aliphatic rings. The Bertz CT molecular complexity index is 699. The van der Waals surface area contributed by atoms with Gasteiger partial charge in [0.2, 0.25) is 0 Å². The fraction of sp³-hybridized carbons (Fsp3) is 0.375. The van der Waals surface area contributed by atoms with Gasteiger partial charge in [-0.3, -0.25) is 0 Å². The van der Waals surface area contributed by atoms with Gasteiger partial charge in [0.05, 0.1) is 6.10 Å². The standard InChI is InChI=1S/C16H18O9/c17-9-3-1-8(5-10(9)18)2-4-13(20)25-12-7-16(24,15(22)23)6-11(19)14(12)21/h1-5,11-12,14,17-19,21,24H,6-7H2,(H,22,23)/b4-2+/t11-,12?,14-,16+/m0/s1. The average Bonchev–Trinajstić information content (AvgIpc) is 2.53. The number of aromatic hydroxyl groups is 2. The Morgan fingerprint density at radius 1 is 1.16 bits per heavy atom. The van der Waals surface area contributed by atoms with Gasteiger partial charge in [-0.15, -0.1) is 0 Å². The Morgan fingerprint density at radius 3 is 2.44 bits per heavy atom. The van der Waals surface area contributed by atoms with Crippen molar-refractivity contribution in [3.05, 3.63) is 29.8 Å². The molecule has 0 aliphatic heterocycles. The van der Waals surface area contributed by atoms with Gasteiger partial charge in [-0.2, -0.15) is 0 Å². The lowest BCUT2D eigenvalue weighted by Gasteiger charge is -2.39. The molecule has 1 aliphatic carbocycles. The van der Waals surface area contributed by atoms with Crippen LogP contribution in [0.15, 0.2) is 24.3 Å². The molecule has 2 rings (SSSR count). The summed E-state index contributed by atoms with van der Waals surface area (Å²) in [5.41, 5.74) is -1.94. The van der Waals surface area contributed by atoms with Crippen LogP contribution >= 0.6 is 0 Å². The third-order valence-corrected chi connectivity index (χ3v) is 3.94.